The molecule has 1 unspecified atom stereocenters. The molecule has 0 spiro atoms. The smallest absolute Gasteiger partial charge is 0.200 e. The maximum Gasteiger partial charge on any atom is 0.460 e. The van der Waals surface area contributed by atoms with E-state index < -0.39 is 80.8 Å². The third-order valence-corrected chi connectivity index (χ3v) is 4.43. The molecule has 0 aromatic heterocycles. The molecule has 0 aliphatic rings. The highest BCUT2D eigenvalue weighted by Crippen LogP contribution is 2.59. The third kappa shape index (κ3) is 4.29. The minimum atomic E-state index is -7.62. The van der Waals surface area contributed by atoms with Crippen molar-refractivity contribution < 1.29 is 79.0 Å². The van der Waals surface area contributed by atoms with Gasteiger partial charge in [0, 0.05) is 6.42 Å². The summed E-state index contributed by atoms with van der Waals surface area (Å²) in [6, 6.07) is 0. The van der Waals surface area contributed by atoms with E-state index in [0.29, 0.717) is 0 Å². The number of alkyl halides is 19. The zero-order chi connectivity index (χ0) is 24.3. The molecule has 0 N–H and O–H groups in total. The van der Waals surface area contributed by atoms with E-state index in [0.717, 1.165) is 0 Å². The summed E-state index contributed by atoms with van der Waals surface area (Å²) in [4.78, 5) is 0. The normalized spacial score (nSPS) is 17.5. The quantitative estimate of drug-likeness (QED) is 0.168. The molecule has 0 saturated carbocycles. The van der Waals surface area contributed by atoms with Crippen LogP contribution >= 0.6 is 22.6 Å². The largest absolute Gasteiger partial charge is 0.460 e. The molecular weight excluding hydrogens is 589 g/mol. The Morgan fingerprint density at radius 2 is 0.724 bits per heavy atom. The standard InChI is InChI=1S/C10H3F18I/c11-3(12,5(15,16)7(19,20)9(23,24)25)1-2(29)4(13,14)6(17,18)8(21,22)10(26,27)28/h2H,1H2. The average molecular weight is 592 g/mol. The van der Waals surface area contributed by atoms with Gasteiger partial charge in [-0.15, -0.1) is 0 Å². The predicted molar refractivity (Wildman–Crippen MR) is 64.2 cm³/mol. The fourth-order valence-electron chi connectivity index (χ4n) is 1.47. The second-order valence-electron chi connectivity index (χ2n) is 5.29. The zero-order valence-corrected chi connectivity index (χ0v) is 14.6. The molecule has 0 aliphatic carbocycles. The maximum absolute atomic E-state index is 13.3. The van der Waals surface area contributed by atoms with Crippen LogP contribution in [0.3, 0.4) is 0 Å². The van der Waals surface area contributed by atoms with Gasteiger partial charge in [0.25, 0.3) is 0 Å². The van der Waals surface area contributed by atoms with E-state index in [1.54, 1.807) is 0 Å². The molecule has 0 nitrogen and oxygen atoms in total. The summed E-state index contributed by atoms with van der Waals surface area (Å²) < 4.78 is 222. The van der Waals surface area contributed by atoms with Crippen LogP contribution in [0.4, 0.5) is 79.0 Å². The number of halogens is 19. The van der Waals surface area contributed by atoms with E-state index in [4.69, 9.17) is 0 Å². The second-order valence-corrected chi connectivity index (χ2v) is 6.80. The topological polar surface area (TPSA) is 0 Å². The van der Waals surface area contributed by atoms with E-state index >= 15 is 0 Å². The second kappa shape index (κ2) is 7.27. The SMILES string of the molecule is FC(F)(F)C(F)(F)C(F)(F)C(F)(F)CC(I)C(F)(F)C(F)(F)C(F)(F)C(F)(F)F. The Labute approximate surface area is 160 Å². The minimum Gasteiger partial charge on any atom is -0.200 e. The van der Waals surface area contributed by atoms with Crippen LogP contribution in [0, 0.1) is 0 Å². The van der Waals surface area contributed by atoms with Crippen molar-refractivity contribution in [3.05, 3.63) is 0 Å². The van der Waals surface area contributed by atoms with Gasteiger partial charge in [0.1, 0.15) is 0 Å². The van der Waals surface area contributed by atoms with Gasteiger partial charge >= 0.3 is 47.9 Å². The summed E-state index contributed by atoms with van der Waals surface area (Å²) in [5, 5.41) is 0. The highest BCUT2D eigenvalue weighted by molar-refractivity contribution is 14.1. The van der Waals surface area contributed by atoms with Gasteiger partial charge in [-0.05, 0) is 0 Å². The van der Waals surface area contributed by atoms with Crippen LogP contribution in [0.25, 0.3) is 0 Å². The first-order valence-electron chi connectivity index (χ1n) is 6.17. The van der Waals surface area contributed by atoms with Crippen molar-refractivity contribution in [1.82, 2.24) is 0 Å². The first-order chi connectivity index (χ1) is 12.1. The average Bonchev–Trinajstić information content (AvgIpc) is 2.43. The van der Waals surface area contributed by atoms with Crippen molar-refractivity contribution in [2.45, 2.75) is 58.2 Å². The van der Waals surface area contributed by atoms with Crippen molar-refractivity contribution in [3.63, 3.8) is 0 Å². The van der Waals surface area contributed by atoms with Crippen LogP contribution in [-0.4, -0.2) is 51.8 Å². The van der Waals surface area contributed by atoms with Gasteiger partial charge in [-0.1, -0.05) is 22.6 Å². The molecule has 0 radical (unpaired) electrons. The van der Waals surface area contributed by atoms with Crippen LogP contribution in [-0.2, 0) is 0 Å². The Hall–Kier alpha value is -0.530. The molecule has 0 fully saturated rings. The Morgan fingerprint density at radius 3 is 1.00 bits per heavy atom. The Morgan fingerprint density at radius 1 is 0.448 bits per heavy atom. The summed E-state index contributed by atoms with van der Waals surface area (Å²) >= 11 is -0.478. The summed E-state index contributed by atoms with van der Waals surface area (Å²) in [7, 11) is 0. The fourth-order valence-corrected chi connectivity index (χ4v) is 2.42. The first kappa shape index (κ1) is 28.5. The maximum atomic E-state index is 13.3. The lowest BCUT2D eigenvalue weighted by molar-refractivity contribution is -0.404. The summed E-state index contributed by atoms with van der Waals surface area (Å²) in [5.41, 5.74) is 0. The molecule has 1 atom stereocenters. The van der Waals surface area contributed by atoms with E-state index in [1.807, 2.05) is 0 Å². The fraction of sp³-hybridized carbons (Fsp3) is 1.00. The van der Waals surface area contributed by atoms with Gasteiger partial charge < -0.3 is 0 Å². The summed E-state index contributed by atoms with van der Waals surface area (Å²) in [5.74, 6) is -44.2. The van der Waals surface area contributed by atoms with Gasteiger partial charge in [-0.3, -0.25) is 0 Å². The zero-order valence-electron chi connectivity index (χ0n) is 12.5. The van der Waals surface area contributed by atoms with E-state index in [1.165, 1.54) is 0 Å². The van der Waals surface area contributed by atoms with E-state index in [-0.39, 0.29) is 0 Å². The van der Waals surface area contributed by atoms with Crippen molar-refractivity contribution in [1.29, 1.82) is 0 Å². The molecular formula is C10H3F18I. The van der Waals surface area contributed by atoms with Crippen molar-refractivity contribution >= 4 is 22.6 Å². The molecule has 0 aromatic carbocycles. The molecule has 0 heterocycles. The van der Waals surface area contributed by atoms with Crippen molar-refractivity contribution in [2.75, 3.05) is 0 Å². The highest BCUT2D eigenvalue weighted by Gasteiger charge is 2.85. The number of rotatable bonds is 7. The van der Waals surface area contributed by atoms with Crippen LogP contribution in [0.15, 0.2) is 0 Å². The molecule has 0 aliphatic heterocycles. The minimum absolute atomic E-state index is 0.478. The van der Waals surface area contributed by atoms with Crippen molar-refractivity contribution in [2.24, 2.45) is 0 Å². The molecule has 0 rings (SSSR count). The highest BCUT2D eigenvalue weighted by atomic mass is 127. The van der Waals surface area contributed by atoms with Gasteiger partial charge in [-0.2, -0.15) is 79.0 Å². The van der Waals surface area contributed by atoms with Gasteiger partial charge in [0.15, 0.2) is 0 Å². The van der Waals surface area contributed by atoms with Gasteiger partial charge in [0.05, 0.1) is 3.92 Å². The van der Waals surface area contributed by atoms with E-state index in [9.17, 15) is 79.0 Å². The van der Waals surface area contributed by atoms with Crippen molar-refractivity contribution in [3.8, 4) is 0 Å². The lowest BCUT2D eigenvalue weighted by Crippen LogP contribution is -2.65. The van der Waals surface area contributed by atoms with Crippen LogP contribution in [0.1, 0.15) is 6.42 Å². The Balaban J connectivity index is 6.12. The summed E-state index contributed by atoms with van der Waals surface area (Å²) in [6.45, 7) is 0. The Kier molecular flexibility index (Phi) is 7.13. The Bertz CT molecular complexity index is 582. The molecule has 19 heteroatoms. The van der Waals surface area contributed by atoms with E-state index in [2.05, 4.69) is 0 Å². The lowest BCUT2D eigenvalue weighted by Gasteiger charge is -2.38. The molecule has 176 valence electrons. The monoisotopic (exact) mass is 592 g/mol. The molecule has 0 amide bonds. The summed E-state index contributed by atoms with van der Waals surface area (Å²) in [6.07, 6.45) is -18.6. The first-order valence-corrected chi connectivity index (χ1v) is 7.42. The molecule has 29 heavy (non-hydrogen) atoms. The van der Waals surface area contributed by atoms with Crippen LogP contribution in [0.5, 0.6) is 0 Å². The van der Waals surface area contributed by atoms with Gasteiger partial charge in [-0.25, -0.2) is 0 Å². The predicted octanol–water partition coefficient (Wildman–Crippen LogP) is 7.12. The van der Waals surface area contributed by atoms with Gasteiger partial charge in [0.2, 0.25) is 0 Å². The molecule has 0 aromatic rings. The van der Waals surface area contributed by atoms with Crippen LogP contribution in [0.2, 0.25) is 0 Å². The third-order valence-electron chi connectivity index (χ3n) is 3.21. The molecule has 0 saturated heterocycles. The molecule has 0 bridgehead atoms. The lowest BCUT2D eigenvalue weighted by atomic mass is 9.93. The number of hydrogen-bond donors (Lipinski definition) is 0. The van der Waals surface area contributed by atoms with Crippen LogP contribution < -0.4 is 0 Å². The number of hydrogen-bond acceptors (Lipinski definition) is 0.